The minimum Gasteiger partial charge on any atom is -0.389 e. The Morgan fingerprint density at radius 1 is 1.43 bits per heavy atom. The van der Waals surface area contributed by atoms with Crippen LogP contribution in [0.3, 0.4) is 0 Å². The van der Waals surface area contributed by atoms with E-state index in [0.717, 1.165) is 31.8 Å². The SMILES string of the molecule is CN(CC(O)COCc1ccccc1)CC1CNCCO1. The van der Waals surface area contributed by atoms with Crippen molar-refractivity contribution in [2.75, 3.05) is 46.4 Å². The molecule has 1 heterocycles. The van der Waals surface area contributed by atoms with Crippen molar-refractivity contribution in [1.29, 1.82) is 0 Å². The summed E-state index contributed by atoms with van der Waals surface area (Å²) in [6.45, 7) is 4.88. The van der Waals surface area contributed by atoms with Gasteiger partial charge in [-0.1, -0.05) is 30.3 Å². The summed E-state index contributed by atoms with van der Waals surface area (Å²) in [6, 6.07) is 10.00. The molecule has 1 saturated heterocycles. The third-order valence-electron chi connectivity index (χ3n) is 3.46. The molecule has 0 aromatic heterocycles. The molecule has 0 bridgehead atoms. The molecular formula is C16H26N2O3. The summed E-state index contributed by atoms with van der Waals surface area (Å²) in [5.41, 5.74) is 1.12. The van der Waals surface area contributed by atoms with E-state index in [4.69, 9.17) is 9.47 Å². The number of ether oxygens (including phenoxy) is 2. The lowest BCUT2D eigenvalue weighted by Crippen LogP contribution is -2.46. The first-order valence-corrected chi connectivity index (χ1v) is 7.54. The number of hydrogen-bond acceptors (Lipinski definition) is 5. The molecule has 2 unspecified atom stereocenters. The van der Waals surface area contributed by atoms with E-state index in [2.05, 4.69) is 10.2 Å². The second-order valence-electron chi connectivity index (χ2n) is 5.57. The fourth-order valence-electron chi connectivity index (χ4n) is 2.46. The Hall–Kier alpha value is -0.980. The molecule has 1 aliphatic heterocycles. The van der Waals surface area contributed by atoms with Crippen LogP contribution in [0.4, 0.5) is 0 Å². The topological polar surface area (TPSA) is 54.0 Å². The van der Waals surface area contributed by atoms with Crippen LogP contribution >= 0.6 is 0 Å². The summed E-state index contributed by atoms with van der Waals surface area (Å²) in [5.74, 6) is 0. The molecule has 0 saturated carbocycles. The van der Waals surface area contributed by atoms with Crippen LogP contribution in [-0.4, -0.2) is 68.7 Å². The average molecular weight is 294 g/mol. The monoisotopic (exact) mass is 294 g/mol. The van der Waals surface area contributed by atoms with Crippen molar-refractivity contribution in [1.82, 2.24) is 10.2 Å². The lowest BCUT2D eigenvalue weighted by Gasteiger charge is -2.29. The van der Waals surface area contributed by atoms with E-state index in [-0.39, 0.29) is 6.10 Å². The number of rotatable bonds is 8. The number of aliphatic hydroxyl groups excluding tert-OH is 1. The van der Waals surface area contributed by atoms with Crippen LogP contribution in [0.2, 0.25) is 0 Å². The van der Waals surface area contributed by atoms with Crippen molar-refractivity contribution in [3.05, 3.63) is 35.9 Å². The second kappa shape index (κ2) is 9.12. The largest absolute Gasteiger partial charge is 0.389 e. The smallest absolute Gasteiger partial charge is 0.0900 e. The second-order valence-corrected chi connectivity index (χ2v) is 5.57. The number of morpholine rings is 1. The normalized spacial score (nSPS) is 20.6. The van der Waals surface area contributed by atoms with Gasteiger partial charge < -0.3 is 24.8 Å². The molecule has 0 radical (unpaired) electrons. The van der Waals surface area contributed by atoms with E-state index in [1.54, 1.807) is 0 Å². The van der Waals surface area contributed by atoms with Crippen LogP contribution in [0.5, 0.6) is 0 Å². The Labute approximate surface area is 126 Å². The minimum atomic E-state index is -0.477. The van der Waals surface area contributed by atoms with Gasteiger partial charge in [0.2, 0.25) is 0 Å². The van der Waals surface area contributed by atoms with Crippen LogP contribution in [0, 0.1) is 0 Å². The van der Waals surface area contributed by atoms with Gasteiger partial charge in [0.1, 0.15) is 0 Å². The molecule has 118 valence electrons. The highest BCUT2D eigenvalue weighted by atomic mass is 16.5. The van der Waals surface area contributed by atoms with E-state index >= 15 is 0 Å². The van der Waals surface area contributed by atoms with Gasteiger partial charge in [-0.25, -0.2) is 0 Å². The summed E-state index contributed by atoms with van der Waals surface area (Å²) in [4.78, 5) is 2.09. The van der Waals surface area contributed by atoms with Crippen LogP contribution in [-0.2, 0) is 16.1 Å². The zero-order valence-electron chi connectivity index (χ0n) is 12.7. The van der Waals surface area contributed by atoms with Crippen molar-refractivity contribution in [3.63, 3.8) is 0 Å². The average Bonchev–Trinajstić information content (AvgIpc) is 2.49. The molecule has 0 amide bonds. The van der Waals surface area contributed by atoms with Crippen LogP contribution < -0.4 is 5.32 Å². The third kappa shape index (κ3) is 6.54. The molecule has 2 atom stereocenters. The summed E-state index contributed by atoms with van der Waals surface area (Å²) in [5, 5.41) is 13.3. The molecule has 2 rings (SSSR count). The molecule has 0 spiro atoms. The van der Waals surface area contributed by atoms with Gasteiger partial charge in [-0.15, -0.1) is 0 Å². The van der Waals surface area contributed by atoms with Crippen LogP contribution in [0.15, 0.2) is 30.3 Å². The Morgan fingerprint density at radius 2 is 2.24 bits per heavy atom. The van der Waals surface area contributed by atoms with Gasteiger partial charge in [-0.3, -0.25) is 0 Å². The molecule has 1 aliphatic rings. The number of aliphatic hydroxyl groups is 1. The summed E-state index contributed by atoms with van der Waals surface area (Å²) in [6.07, 6.45) is -0.267. The summed E-state index contributed by atoms with van der Waals surface area (Å²) in [7, 11) is 2.00. The van der Waals surface area contributed by atoms with Crippen molar-refractivity contribution < 1.29 is 14.6 Å². The number of nitrogens with one attached hydrogen (secondary N) is 1. The molecule has 1 aromatic rings. The fourth-order valence-corrected chi connectivity index (χ4v) is 2.46. The van der Waals surface area contributed by atoms with E-state index in [9.17, 15) is 5.11 Å². The number of hydrogen-bond donors (Lipinski definition) is 2. The van der Waals surface area contributed by atoms with E-state index in [1.807, 2.05) is 37.4 Å². The molecule has 0 aliphatic carbocycles. The quantitative estimate of drug-likeness (QED) is 0.730. The maximum absolute atomic E-state index is 10.0. The van der Waals surface area contributed by atoms with Gasteiger partial charge in [0, 0.05) is 26.2 Å². The van der Waals surface area contributed by atoms with Gasteiger partial charge in [-0.05, 0) is 12.6 Å². The summed E-state index contributed by atoms with van der Waals surface area (Å²) >= 11 is 0. The molecule has 5 heteroatoms. The molecule has 5 nitrogen and oxygen atoms in total. The van der Waals surface area contributed by atoms with Gasteiger partial charge in [-0.2, -0.15) is 0 Å². The lowest BCUT2D eigenvalue weighted by atomic mass is 10.2. The van der Waals surface area contributed by atoms with Gasteiger partial charge >= 0.3 is 0 Å². The molecule has 2 N–H and O–H groups in total. The predicted octanol–water partition coefficient (Wildman–Crippen LogP) is 0.484. The van der Waals surface area contributed by atoms with Crippen LogP contribution in [0.25, 0.3) is 0 Å². The highest BCUT2D eigenvalue weighted by Crippen LogP contribution is 2.03. The minimum absolute atomic E-state index is 0.209. The third-order valence-corrected chi connectivity index (χ3v) is 3.46. The lowest BCUT2D eigenvalue weighted by molar-refractivity contribution is -0.0138. The Balaban J connectivity index is 1.58. The predicted molar refractivity (Wildman–Crippen MR) is 82.2 cm³/mol. The Morgan fingerprint density at radius 3 is 2.95 bits per heavy atom. The molecule has 21 heavy (non-hydrogen) atoms. The number of benzene rings is 1. The highest BCUT2D eigenvalue weighted by Gasteiger charge is 2.17. The first-order chi connectivity index (χ1) is 10.2. The van der Waals surface area contributed by atoms with Gasteiger partial charge in [0.15, 0.2) is 0 Å². The first kappa shape index (κ1) is 16.4. The fraction of sp³-hybridized carbons (Fsp3) is 0.625. The van der Waals surface area contributed by atoms with Crippen LogP contribution in [0.1, 0.15) is 5.56 Å². The highest BCUT2D eigenvalue weighted by molar-refractivity contribution is 5.13. The number of likely N-dealkylation sites (N-methyl/N-ethyl adjacent to an activating group) is 1. The van der Waals surface area contributed by atoms with Gasteiger partial charge in [0.05, 0.1) is 32.0 Å². The zero-order chi connectivity index (χ0) is 14.9. The molecule has 1 aromatic carbocycles. The van der Waals surface area contributed by atoms with E-state index in [1.165, 1.54) is 0 Å². The van der Waals surface area contributed by atoms with Gasteiger partial charge in [0.25, 0.3) is 0 Å². The van der Waals surface area contributed by atoms with E-state index < -0.39 is 6.10 Å². The maximum Gasteiger partial charge on any atom is 0.0900 e. The van der Waals surface area contributed by atoms with Crippen molar-refractivity contribution in [3.8, 4) is 0 Å². The van der Waals surface area contributed by atoms with Crippen molar-refractivity contribution in [2.45, 2.75) is 18.8 Å². The van der Waals surface area contributed by atoms with Crippen molar-refractivity contribution >= 4 is 0 Å². The maximum atomic E-state index is 10.0. The molecule has 1 fully saturated rings. The molecular weight excluding hydrogens is 268 g/mol. The standard InChI is InChI=1S/C16H26N2O3/c1-18(11-16-9-17-7-8-21-16)10-15(19)13-20-12-14-5-3-2-4-6-14/h2-6,15-17,19H,7-13H2,1H3. The number of nitrogens with zero attached hydrogens (tertiary/aromatic N) is 1. The Bertz CT molecular complexity index is 382. The summed E-state index contributed by atoms with van der Waals surface area (Å²) < 4.78 is 11.2. The Kier molecular flexibility index (Phi) is 7.12. The van der Waals surface area contributed by atoms with E-state index in [0.29, 0.717) is 19.8 Å². The first-order valence-electron chi connectivity index (χ1n) is 7.54. The van der Waals surface area contributed by atoms with Crippen molar-refractivity contribution in [2.24, 2.45) is 0 Å². The zero-order valence-corrected chi connectivity index (χ0v) is 12.7.